The van der Waals surface area contributed by atoms with Crippen molar-refractivity contribution in [2.24, 2.45) is 5.92 Å². The van der Waals surface area contributed by atoms with E-state index < -0.39 is 20.9 Å². The molecule has 10 nitrogen and oxygen atoms in total. The maximum atomic E-state index is 12.8. The standard InChI is InChI=1S/C21H23ClN4O6S/c1-33(31,32)25-10-8-14(9-11-25)13-23-20(27)17-4-2-3-5-19(17)24-21(28)16-7-6-15(26(29)30)12-18(16)22/h2-7,12,14H,8-11,13H2,1H3,(H,23,27)(H,24,28). The molecule has 1 aliphatic heterocycles. The molecular weight excluding hydrogens is 472 g/mol. The van der Waals surface area contributed by atoms with Crippen LogP contribution >= 0.6 is 11.6 Å². The number of benzene rings is 2. The zero-order chi connectivity index (χ0) is 24.2. The molecule has 1 aliphatic rings. The maximum absolute atomic E-state index is 12.8. The van der Waals surface area contributed by atoms with Crippen LogP contribution in [0.25, 0.3) is 0 Å². The van der Waals surface area contributed by atoms with E-state index in [2.05, 4.69) is 10.6 Å². The van der Waals surface area contributed by atoms with Crippen LogP contribution in [0.4, 0.5) is 11.4 Å². The highest BCUT2D eigenvalue weighted by atomic mass is 35.5. The number of amides is 2. The van der Waals surface area contributed by atoms with E-state index in [1.807, 2.05) is 0 Å². The highest BCUT2D eigenvalue weighted by Crippen LogP contribution is 2.24. The van der Waals surface area contributed by atoms with Gasteiger partial charge in [-0.1, -0.05) is 23.7 Å². The molecule has 2 N–H and O–H groups in total. The number of para-hydroxylation sites is 1. The Labute approximate surface area is 196 Å². The quantitative estimate of drug-likeness (QED) is 0.448. The Morgan fingerprint density at radius 3 is 2.39 bits per heavy atom. The second-order valence-corrected chi connectivity index (χ2v) is 10.1. The van der Waals surface area contributed by atoms with E-state index in [1.54, 1.807) is 24.3 Å². The van der Waals surface area contributed by atoms with Crippen molar-refractivity contribution in [1.29, 1.82) is 0 Å². The lowest BCUT2D eigenvalue weighted by Gasteiger charge is -2.30. The van der Waals surface area contributed by atoms with Crippen molar-refractivity contribution in [3.63, 3.8) is 0 Å². The molecule has 0 aliphatic carbocycles. The lowest BCUT2D eigenvalue weighted by Crippen LogP contribution is -2.41. The molecule has 2 amide bonds. The lowest BCUT2D eigenvalue weighted by atomic mass is 9.98. The summed E-state index contributed by atoms with van der Waals surface area (Å²) < 4.78 is 24.7. The topological polar surface area (TPSA) is 139 Å². The van der Waals surface area contributed by atoms with Crippen LogP contribution in [0.15, 0.2) is 42.5 Å². The zero-order valence-electron chi connectivity index (χ0n) is 17.8. The third-order valence-electron chi connectivity index (χ3n) is 5.42. The van der Waals surface area contributed by atoms with Crippen molar-refractivity contribution in [2.75, 3.05) is 31.2 Å². The molecule has 176 valence electrons. The van der Waals surface area contributed by atoms with Crippen LogP contribution in [0.5, 0.6) is 0 Å². The van der Waals surface area contributed by atoms with Crippen LogP contribution in [0.2, 0.25) is 5.02 Å². The molecule has 0 unspecified atom stereocenters. The van der Waals surface area contributed by atoms with Gasteiger partial charge in [-0.2, -0.15) is 0 Å². The molecule has 1 heterocycles. The van der Waals surface area contributed by atoms with Crippen molar-refractivity contribution >= 4 is 44.8 Å². The summed E-state index contributed by atoms with van der Waals surface area (Å²) in [6.45, 7) is 1.22. The lowest BCUT2D eigenvalue weighted by molar-refractivity contribution is -0.384. The van der Waals surface area contributed by atoms with Crippen molar-refractivity contribution in [1.82, 2.24) is 9.62 Å². The molecule has 0 saturated carbocycles. The third kappa shape index (κ3) is 6.28. The average molecular weight is 495 g/mol. The Kier molecular flexibility index (Phi) is 7.67. The SMILES string of the molecule is CS(=O)(=O)N1CCC(CNC(=O)c2ccccc2NC(=O)c2ccc([N+](=O)[O-])cc2Cl)CC1. The van der Waals surface area contributed by atoms with Crippen LogP contribution in [0, 0.1) is 16.0 Å². The number of halogens is 1. The summed E-state index contributed by atoms with van der Waals surface area (Å²) >= 11 is 6.03. The average Bonchev–Trinajstić information content (AvgIpc) is 2.77. The van der Waals surface area contributed by atoms with Gasteiger partial charge in [0.15, 0.2) is 0 Å². The molecule has 3 rings (SSSR count). The predicted molar refractivity (Wildman–Crippen MR) is 124 cm³/mol. The summed E-state index contributed by atoms with van der Waals surface area (Å²) in [5.74, 6) is -0.845. The first-order chi connectivity index (χ1) is 15.6. The normalized spacial score (nSPS) is 15.1. The van der Waals surface area contributed by atoms with E-state index in [9.17, 15) is 28.1 Å². The number of hydrogen-bond donors (Lipinski definition) is 2. The van der Waals surface area contributed by atoms with Crippen LogP contribution in [0.3, 0.4) is 0 Å². The van der Waals surface area contributed by atoms with Gasteiger partial charge >= 0.3 is 0 Å². The number of piperidine rings is 1. The Morgan fingerprint density at radius 1 is 1.12 bits per heavy atom. The van der Waals surface area contributed by atoms with E-state index in [4.69, 9.17) is 11.6 Å². The summed E-state index contributed by atoms with van der Waals surface area (Å²) in [5, 5.41) is 16.3. The van der Waals surface area contributed by atoms with Gasteiger partial charge < -0.3 is 10.6 Å². The first-order valence-corrected chi connectivity index (χ1v) is 12.4. The van der Waals surface area contributed by atoms with E-state index in [1.165, 1.54) is 22.7 Å². The number of carbonyl (C=O) groups excluding carboxylic acids is 2. The number of anilines is 1. The fourth-order valence-electron chi connectivity index (χ4n) is 3.56. The summed E-state index contributed by atoms with van der Waals surface area (Å²) in [6, 6.07) is 9.96. The number of nitrogens with zero attached hydrogens (tertiary/aromatic N) is 2. The molecular formula is C21H23ClN4O6S. The van der Waals surface area contributed by atoms with Gasteiger partial charge in [-0.25, -0.2) is 12.7 Å². The molecule has 12 heteroatoms. The van der Waals surface area contributed by atoms with Gasteiger partial charge in [-0.15, -0.1) is 0 Å². The molecule has 0 atom stereocenters. The van der Waals surface area contributed by atoms with Crippen LogP contribution in [-0.2, 0) is 10.0 Å². The minimum absolute atomic E-state index is 0.0371. The highest BCUT2D eigenvalue weighted by molar-refractivity contribution is 7.88. The second kappa shape index (κ2) is 10.3. The predicted octanol–water partition coefficient (Wildman–Crippen LogP) is 2.90. The van der Waals surface area contributed by atoms with Crippen molar-refractivity contribution in [3.8, 4) is 0 Å². The fraction of sp³-hybridized carbons (Fsp3) is 0.333. The minimum Gasteiger partial charge on any atom is -0.352 e. The molecule has 0 spiro atoms. The van der Waals surface area contributed by atoms with Crippen LogP contribution < -0.4 is 10.6 Å². The van der Waals surface area contributed by atoms with Gasteiger partial charge in [0.2, 0.25) is 10.0 Å². The molecule has 2 aromatic rings. The first-order valence-electron chi connectivity index (χ1n) is 10.1. The highest BCUT2D eigenvalue weighted by Gasteiger charge is 2.25. The van der Waals surface area contributed by atoms with E-state index in [0.29, 0.717) is 32.5 Å². The zero-order valence-corrected chi connectivity index (χ0v) is 19.4. The summed E-state index contributed by atoms with van der Waals surface area (Å²) in [7, 11) is -3.21. The Balaban J connectivity index is 1.64. The molecule has 0 radical (unpaired) electrons. The van der Waals surface area contributed by atoms with Gasteiger partial charge in [-0.05, 0) is 37.0 Å². The molecule has 33 heavy (non-hydrogen) atoms. The summed E-state index contributed by atoms with van der Waals surface area (Å²) in [5.41, 5.74) is 0.313. The number of nitrogens with one attached hydrogen (secondary N) is 2. The number of hydrogen-bond acceptors (Lipinski definition) is 6. The van der Waals surface area contributed by atoms with Gasteiger partial charge in [0.05, 0.1) is 33.0 Å². The summed E-state index contributed by atoms with van der Waals surface area (Å²) in [6.07, 6.45) is 2.47. The molecule has 0 aromatic heterocycles. The van der Waals surface area contributed by atoms with E-state index >= 15 is 0 Å². The smallest absolute Gasteiger partial charge is 0.270 e. The van der Waals surface area contributed by atoms with Crippen LogP contribution in [-0.4, -0.2) is 55.4 Å². The number of nitro groups is 1. The van der Waals surface area contributed by atoms with Gasteiger partial charge in [-0.3, -0.25) is 19.7 Å². The minimum atomic E-state index is -3.21. The number of sulfonamides is 1. The Bertz CT molecular complexity index is 1180. The molecule has 1 saturated heterocycles. The largest absolute Gasteiger partial charge is 0.352 e. The molecule has 2 aromatic carbocycles. The summed E-state index contributed by atoms with van der Waals surface area (Å²) in [4.78, 5) is 35.7. The molecule has 1 fully saturated rings. The number of non-ortho nitro benzene ring substituents is 1. The monoisotopic (exact) mass is 494 g/mol. The van der Waals surface area contributed by atoms with Crippen molar-refractivity contribution in [2.45, 2.75) is 12.8 Å². The van der Waals surface area contributed by atoms with Gasteiger partial charge in [0.1, 0.15) is 0 Å². The number of carbonyl (C=O) groups is 2. The number of nitro benzene ring substituents is 1. The fourth-order valence-corrected chi connectivity index (χ4v) is 4.69. The van der Waals surface area contributed by atoms with Crippen molar-refractivity contribution in [3.05, 3.63) is 68.7 Å². The molecule has 0 bridgehead atoms. The Hall–Kier alpha value is -3.02. The first kappa shape index (κ1) is 24.6. The van der Waals surface area contributed by atoms with E-state index in [-0.39, 0.29) is 39.3 Å². The van der Waals surface area contributed by atoms with Gasteiger partial charge in [0.25, 0.3) is 17.5 Å². The maximum Gasteiger partial charge on any atom is 0.270 e. The van der Waals surface area contributed by atoms with E-state index in [0.717, 1.165) is 6.07 Å². The number of rotatable bonds is 7. The van der Waals surface area contributed by atoms with Gasteiger partial charge in [0, 0.05) is 31.8 Å². The third-order valence-corrected chi connectivity index (χ3v) is 7.04. The van der Waals surface area contributed by atoms with Crippen molar-refractivity contribution < 1.29 is 22.9 Å². The second-order valence-electron chi connectivity index (χ2n) is 7.74. The Morgan fingerprint density at radius 2 is 1.79 bits per heavy atom. The van der Waals surface area contributed by atoms with Crippen LogP contribution in [0.1, 0.15) is 33.6 Å².